The van der Waals surface area contributed by atoms with Crippen LogP contribution in [-0.4, -0.2) is 42.4 Å². The summed E-state index contributed by atoms with van der Waals surface area (Å²) in [5.41, 5.74) is 0. The van der Waals surface area contributed by atoms with Crippen molar-refractivity contribution in [3.8, 4) is 0 Å². The topological polar surface area (TPSA) is 32.3 Å². The Morgan fingerprint density at radius 2 is 2.19 bits per heavy atom. The van der Waals surface area contributed by atoms with Gasteiger partial charge in [0.05, 0.1) is 0 Å². The molecule has 0 aliphatic heterocycles. The smallest absolute Gasteiger partial charge is 0.220 e. The quantitative estimate of drug-likeness (QED) is 0.525. The SMILES string of the molecule is CC(CNC(=O)CCCCCl)N(C)C1CC1. The molecule has 1 atom stereocenters. The van der Waals surface area contributed by atoms with Gasteiger partial charge in [0.2, 0.25) is 5.91 Å². The van der Waals surface area contributed by atoms with Gasteiger partial charge in [0.25, 0.3) is 0 Å². The van der Waals surface area contributed by atoms with E-state index < -0.39 is 0 Å². The average Bonchev–Trinajstić information content (AvgIpc) is 3.09. The molecule has 0 radical (unpaired) electrons. The van der Waals surface area contributed by atoms with Crippen LogP contribution >= 0.6 is 11.6 Å². The highest BCUT2D eigenvalue weighted by Crippen LogP contribution is 2.26. The fourth-order valence-corrected chi connectivity index (χ4v) is 1.90. The molecule has 1 aliphatic carbocycles. The summed E-state index contributed by atoms with van der Waals surface area (Å²) in [6, 6.07) is 1.19. The minimum atomic E-state index is 0.154. The lowest BCUT2D eigenvalue weighted by atomic mass is 10.2. The minimum Gasteiger partial charge on any atom is -0.355 e. The maximum Gasteiger partial charge on any atom is 0.220 e. The van der Waals surface area contributed by atoms with E-state index in [9.17, 15) is 4.79 Å². The number of nitrogens with zero attached hydrogens (tertiary/aromatic N) is 1. The highest BCUT2D eigenvalue weighted by molar-refractivity contribution is 6.17. The maximum absolute atomic E-state index is 11.5. The monoisotopic (exact) mass is 246 g/mol. The van der Waals surface area contributed by atoms with Crippen molar-refractivity contribution in [2.45, 2.75) is 51.1 Å². The zero-order valence-corrected chi connectivity index (χ0v) is 11.1. The van der Waals surface area contributed by atoms with Crippen LogP contribution in [0.15, 0.2) is 0 Å². The first-order valence-electron chi connectivity index (χ1n) is 6.19. The van der Waals surface area contributed by atoms with Crippen molar-refractivity contribution in [2.75, 3.05) is 19.5 Å². The summed E-state index contributed by atoms with van der Waals surface area (Å²) in [5.74, 6) is 0.801. The van der Waals surface area contributed by atoms with Crippen molar-refractivity contribution < 1.29 is 4.79 Å². The molecule has 1 saturated carbocycles. The summed E-state index contributed by atoms with van der Waals surface area (Å²) < 4.78 is 0. The van der Waals surface area contributed by atoms with E-state index in [-0.39, 0.29) is 5.91 Å². The van der Waals surface area contributed by atoms with Gasteiger partial charge in [-0.05, 0) is 39.7 Å². The molecule has 0 spiro atoms. The lowest BCUT2D eigenvalue weighted by Gasteiger charge is -2.24. The second kappa shape index (κ2) is 7.13. The van der Waals surface area contributed by atoms with Gasteiger partial charge in [0.15, 0.2) is 0 Å². The van der Waals surface area contributed by atoms with Gasteiger partial charge in [-0.1, -0.05) is 0 Å². The standard InChI is InChI=1S/C12H23ClN2O/c1-10(15(2)11-6-7-11)9-14-12(16)5-3-4-8-13/h10-11H,3-9H2,1-2H3,(H,14,16). The molecule has 4 heteroatoms. The van der Waals surface area contributed by atoms with E-state index in [1.807, 2.05) is 0 Å². The molecule has 1 fully saturated rings. The number of carbonyl (C=O) groups excluding carboxylic acids is 1. The van der Waals surface area contributed by atoms with E-state index in [1.165, 1.54) is 12.8 Å². The van der Waals surface area contributed by atoms with Crippen LogP contribution in [0.5, 0.6) is 0 Å². The molecule has 94 valence electrons. The van der Waals surface area contributed by atoms with Crippen LogP contribution in [0.4, 0.5) is 0 Å². The summed E-state index contributed by atoms with van der Waals surface area (Å²) in [6.07, 6.45) is 5.04. The van der Waals surface area contributed by atoms with Crippen molar-refractivity contribution in [3.63, 3.8) is 0 Å². The zero-order valence-electron chi connectivity index (χ0n) is 10.3. The summed E-state index contributed by atoms with van der Waals surface area (Å²) in [5, 5.41) is 2.98. The number of likely N-dealkylation sites (N-methyl/N-ethyl adjacent to an activating group) is 1. The van der Waals surface area contributed by atoms with Gasteiger partial charge in [0.1, 0.15) is 0 Å². The lowest BCUT2D eigenvalue weighted by molar-refractivity contribution is -0.121. The van der Waals surface area contributed by atoms with E-state index >= 15 is 0 Å². The molecule has 16 heavy (non-hydrogen) atoms. The lowest BCUT2D eigenvalue weighted by Crippen LogP contribution is -2.41. The molecule has 3 nitrogen and oxygen atoms in total. The van der Waals surface area contributed by atoms with E-state index in [4.69, 9.17) is 11.6 Å². The molecule has 0 bridgehead atoms. The van der Waals surface area contributed by atoms with Crippen LogP contribution in [0.25, 0.3) is 0 Å². The van der Waals surface area contributed by atoms with Gasteiger partial charge >= 0.3 is 0 Å². The number of unbranched alkanes of at least 4 members (excludes halogenated alkanes) is 1. The van der Waals surface area contributed by atoms with E-state index in [2.05, 4.69) is 24.2 Å². The molecule has 0 aromatic rings. The first-order valence-corrected chi connectivity index (χ1v) is 6.73. The Morgan fingerprint density at radius 1 is 1.50 bits per heavy atom. The molecule has 0 heterocycles. The Morgan fingerprint density at radius 3 is 2.75 bits per heavy atom. The number of rotatable bonds is 8. The molecule has 1 N–H and O–H groups in total. The predicted octanol–water partition coefficient (Wildman–Crippen LogP) is 1.99. The number of alkyl halides is 1. The Bertz CT molecular complexity index is 219. The fraction of sp³-hybridized carbons (Fsp3) is 0.917. The van der Waals surface area contributed by atoms with Crippen LogP contribution in [-0.2, 0) is 4.79 Å². The van der Waals surface area contributed by atoms with Crippen LogP contribution < -0.4 is 5.32 Å². The van der Waals surface area contributed by atoms with Gasteiger partial charge in [-0.3, -0.25) is 9.69 Å². The number of hydrogen-bond acceptors (Lipinski definition) is 2. The second-order valence-electron chi connectivity index (χ2n) is 4.70. The third-order valence-corrected chi connectivity index (χ3v) is 3.47. The molecule has 1 unspecified atom stereocenters. The normalized spacial score (nSPS) is 17.5. The van der Waals surface area contributed by atoms with Gasteiger partial charge in [-0.2, -0.15) is 0 Å². The number of hydrogen-bond donors (Lipinski definition) is 1. The highest BCUT2D eigenvalue weighted by atomic mass is 35.5. The summed E-state index contributed by atoms with van der Waals surface area (Å²) >= 11 is 5.56. The van der Waals surface area contributed by atoms with E-state index in [0.29, 0.717) is 18.3 Å². The van der Waals surface area contributed by atoms with Crippen molar-refractivity contribution in [2.24, 2.45) is 0 Å². The number of carbonyl (C=O) groups is 1. The zero-order chi connectivity index (χ0) is 12.0. The van der Waals surface area contributed by atoms with Crippen molar-refractivity contribution >= 4 is 17.5 Å². The van der Waals surface area contributed by atoms with Crippen LogP contribution in [0.2, 0.25) is 0 Å². The molecule has 0 saturated heterocycles. The first kappa shape index (κ1) is 13.8. The van der Waals surface area contributed by atoms with Gasteiger partial charge < -0.3 is 5.32 Å². The predicted molar refractivity (Wildman–Crippen MR) is 67.8 cm³/mol. The first-order chi connectivity index (χ1) is 7.65. The van der Waals surface area contributed by atoms with Gasteiger partial charge in [0, 0.05) is 30.9 Å². The number of nitrogens with one attached hydrogen (secondary N) is 1. The Hall–Kier alpha value is -0.280. The van der Waals surface area contributed by atoms with Gasteiger partial charge in [-0.15, -0.1) is 11.6 Å². The second-order valence-corrected chi connectivity index (χ2v) is 5.07. The van der Waals surface area contributed by atoms with Crippen molar-refractivity contribution in [1.82, 2.24) is 10.2 Å². The molecule has 1 aliphatic rings. The van der Waals surface area contributed by atoms with E-state index in [0.717, 1.165) is 25.4 Å². The third kappa shape index (κ3) is 5.17. The van der Waals surface area contributed by atoms with Crippen LogP contribution in [0.1, 0.15) is 39.0 Å². The Kier molecular flexibility index (Phi) is 6.14. The summed E-state index contributed by atoms with van der Waals surface area (Å²) in [4.78, 5) is 13.8. The maximum atomic E-state index is 11.5. The summed E-state index contributed by atoms with van der Waals surface area (Å²) in [7, 11) is 2.14. The minimum absolute atomic E-state index is 0.154. The number of halogens is 1. The summed E-state index contributed by atoms with van der Waals surface area (Å²) in [6.45, 7) is 2.92. The molecular formula is C12H23ClN2O. The average molecular weight is 247 g/mol. The third-order valence-electron chi connectivity index (χ3n) is 3.20. The fourth-order valence-electron chi connectivity index (χ4n) is 1.72. The molecule has 1 rings (SSSR count). The largest absolute Gasteiger partial charge is 0.355 e. The molecular weight excluding hydrogens is 224 g/mol. The molecule has 0 aromatic carbocycles. The Balaban J connectivity index is 2.05. The van der Waals surface area contributed by atoms with Crippen molar-refractivity contribution in [1.29, 1.82) is 0 Å². The van der Waals surface area contributed by atoms with Crippen LogP contribution in [0.3, 0.4) is 0 Å². The van der Waals surface area contributed by atoms with Crippen LogP contribution in [0, 0.1) is 0 Å². The van der Waals surface area contributed by atoms with Gasteiger partial charge in [-0.25, -0.2) is 0 Å². The number of amides is 1. The molecule has 0 aromatic heterocycles. The molecule has 1 amide bonds. The van der Waals surface area contributed by atoms with E-state index in [1.54, 1.807) is 0 Å². The Labute approximate surface area is 104 Å². The highest BCUT2D eigenvalue weighted by Gasteiger charge is 2.28. The van der Waals surface area contributed by atoms with Crippen molar-refractivity contribution in [3.05, 3.63) is 0 Å².